The zero-order chi connectivity index (χ0) is 13.8. The molecule has 0 saturated carbocycles. The Balaban J connectivity index is 0.00000324. The summed E-state index contributed by atoms with van der Waals surface area (Å²) in [4.78, 5) is 10.2. The smallest absolute Gasteiger partial charge is 0.311 e. The van der Waals surface area contributed by atoms with Gasteiger partial charge >= 0.3 is 5.69 Å². The van der Waals surface area contributed by atoms with E-state index in [2.05, 4.69) is 0 Å². The minimum Gasteiger partial charge on any atom is -0.487 e. The zero-order valence-corrected chi connectivity index (χ0v) is 13.5. The van der Waals surface area contributed by atoms with Crippen molar-refractivity contribution in [3.05, 3.63) is 33.9 Å². The minimum atomic E-state index is -4.03. The topological polar surface area (TPSA) is 107 Å². The molecule has 0 bridgehead atoms. The number of benzene rings is 1. The van der Waals surface area contributed by atoms with E-state index in [9.17, 15) is 18.5 Å². The molecule has 0 saturated heterocycles. The normalized spacial score (nSPS) is 10.6. The Morgan fingerprint density at radius 3 is 2.58 bits per heavy atom. The standard InChI is InChI=1S/C10H13NO6S.Na/c1-8-3-4-10(9(7-8)11(12)13)17-5-2-6-18(14,15)16;/h3-4,7H,2,5-6H2,1H3,(H,14,15,16);. The van der Waals surface area contributed by atoms with Crippen LogP contribution in [0, 0.1) is 17.0 Å². The quantitative estimate of drug-likeness (QED) is 0.278. The molecule has 1 aromatic carbocycles. The van der Waals surface area contributed by atoms with E-state index in [1.54, 1.807) is 13.0 Å². The molecule has 1 aromatic rings. The molecule has 7 nitrogen and oxygen atoms in total. The zero-order valence-electron chi connectivity index (χ0n) is 10.7. The Bertz CT molecular complexity index is 545. The van der Waals surface area contributed by atoms with Gasteiger partial charge in [-0.05, 0) is 25.0 Å². The van der Waals surface area contributed by atoms with Crippen LogP contribution in [0.3, 0.4) is 0 Å². The predicted molar refractivity (Wildman–Crippen MR) is 70.1 cm³/mol. The number of nitrogens with zero attached hydrogens (tertiary/aromatic N) is 1. The van der Waals surface area contributed by atoms with E-state index in [-0.39, 0.29) is 54.0 Å². The molecule has 0 amide bonds. The van der Waals surface area contributed by atoms with E-state index >= 15 is 0 Å². The fourth-order valence-electron chi connectivity index (χ4n) is 1.32. The second-order valence-corrected chi connectivity index (χ2v) is 5.29. The van der Waals surface area contributed by atoms with Gasteiger partial charge in [-0.3, -0.25) is 14.7 Å². The fraction of sp³-hybridized carbons (Fsp3) is 0.400. The predicted octanol–water partition coefficient (Wildman–Crippen LogP) is 1.18. The number of hydrogen-bond acceptors (Lipinski definition) is 5. The van der Waals surface area contributed by atoms with Crippen LogP contribution in [0.25, 0.3) is 0 Å². The van der Waals surface area contributed by atoms with Gasteiger partial charge in [0.25, 0.3) is 10.1 Å². The van der Waals surface area contributed by atoms with Gasteiger partial charge in [0.2, 0.25) is 0 Å². The van der Waals surface area contributed by atoms with Gasteiger partial charge in [0.15, 0.2) is 5.75 Å². The summed E-state index contributed by atoms with van der Waals surface area (Å²) in [6, 6.07) is 4.49. The van der Waals surface area contributed by atoms with Crippen molar-refractivity contribution in [3.63, 3.8) is 0 Å². The monoisotopic (exact) mass is 298 g/mol. The summed E-state index contributed by atoms with van der Waals surface area (Å²) in [5.74, 6) is -0.354. The van der Waals surface area contributed by atoms with E-state index in [0.29, 0.717) is 0 Å². The maximum Gasteiger partial charge on any atom is 0.311 e. The van der Waals surface area contributed by atoms with E-state index in [0.717, 1.165) is 5.56 Å². The molecule has 1 rings (SSSR count). The molecule has 0 heterocycles. The van der Waals surface area contributed by atoms with Crippen LogP contribution < -0.4 is 4.74 Å². The van der Waals surface area contributed by atoms with Crippen molar-refractivity contribution in [1.29, 1.82) is 0 Å². The first kappa shape index (κ1) is 18.3. The molecule has 0 unspecified atom stereocenters. The third-order valence-corrected chi connectivity index (χ3v) is 2.92. The van der Waals surface area contributed by atoms with Crippen molar-refractivity contribution in [3.8, 4) is 5.75 Å². The minimum absolute atomic E-state index is 0. The number of nitro groups is 1. The molecule has 1 N–H and O–H groups in total. The Morgan fingerprint density at radius 2 is 2.05 bits per heavy atom. The van der Waals surface area contributed by atoms with Crippen molar-refractivity contribution in [2.24, 2.45) is 0 Å². The van der Waals surface area contributed by atoms with E-state index in [1.807, 2.05) is 0 Å². The van der Waals surface area contributed by atoms with Crippen LogP contribution >= 0.6 is 0 Å². The number of aryl methyl sites for hydroxylation is 1. The first-order valence-corrected chi connectivity index (χ1v) is 6.73. The van der Waals surface area contributed by atoms with Crippen molar-refractivity contribution in [2.75, 3.05) is 12.4 Å². The Hall–Kier alpha value is -0.670. The number of hydrogen-bond donors (Lipinski definition) is 1. The molecule has 0 aliphatic rings. The molecular formula is C10H13NNaO6S. The summed E-state index contributed by atoms with van der Waals surface area (Å²) in [6.45, 7) is 1.69. The van der Waals surface area contributed by atoms with Gasteiger partial charge in [-0.25, -0.2) is 0 Å². The maximum atomic E-state index is 10.8. The van der Waals surface area contributed by atoms with Crippen molar-refractivity contribution in [2.45, 2.75) is 13.3 Å². The Morgan fingerprint density at radius 1 is 1.42 bits per heavy atom. The average Bonchev–Trinajstić information content (AvgIpc) is 2.24. The molecule has 1 radical (unpaired) electrons. The van der Waals surface area contributed by atoms with Gasteiger partial charge in [-0.1, -0.05) is 6.07 Å². The van der Waals surface area contributed by atoms with Crippen LogP contribution in [-0.4, -0.2) is 59.8 Å². The molecule has 0 aliphatic carbocycles. The molecule has 0 spiro atoms. The number of rotatable bonds is 6. The van der Waals surface area contributed by atoms with Crippen LogP contribution in [0.5, 0.6) is 5.75 Å². The maximum absolute atomic E-state index is 10.8. The third-order valence-electron chi connectivity index (χ3n) is 2.12. The molecule has 0 aromatic heterocycles. The Kier molecular flexibility index (Phi) is 7.53. The molecule has 0 atom stereocenters. The largest absolute Gasteiger partial charge is 0.487 e. The summed E-state index contributed by atoms with van der Waals surface area (Å²) in [7, 11) is -4.03. The Labute approximate surface area is 133 Å². The molecule has 0 fully saturated rings. The van der Waals surface area contributed by atoms with Crippen LogP contribution in [0.15, 0.2) is 18.2 Å². The SMILES string of the molecule is Cc1ccc(OCCCS(=O)(=O)O)c([N+](=O)[O-])c1.[Na]. The molecular weight excluding hydrogens is 285 g/mol. The van der Waals surface area contributed by atoms with Gasteiger partial charge in [0.05, 0.1) is 17.3 Å². The molecule has 19 heavy (non-hydrogen) atoms. The summed E-state index contributed by atoms with van der Waals surface area (Å²) >= 11 is 0. The van der Waals surface area contributed by atoms with E-state index < -0.39 is 20.8 Å². The molecule has 0 aliphatic heterocycles. The number of ether oxygens (including phenoxy) is 1. The fourth-order valence-corrected chi connectivity index (χ4v) is 1.80. The third kappa shape index (κ3) is 6.88. The second kappa shape index (κ2) is 7.81. The van der Waals surface area contributed by atoms with E-state index in [1.165, 1.54) is 12.1 Å². The van der Waals surface area contributed by atoms with Crippen LogP contribution in [0.4, 0.5) is 5.69 Å². The van der Waals surface area contributed by atoms with Crippen molar-refractivity contribution in [1.82, 2.24) is 0 Å². The van der Waals surface area contributed by atoms with Gasteiger partial charge < -0.3 is 4.74 Å². The summed E-state index contributed by atoms with van der Waals surface area (Å²) in [6.07, 6.45) is 0.0594. The van der Waals surface area contributed by atoms with Gasteiger partial charge in [0, 0.05) is 35.6 Å². The summed E-state index contributed by atoms with van der Waals surface area (Å²) in [5, 5.41) is 10.8. The van der Waals surface area contributed by atoms with E-state index in [4.69, 9.17) is 9.29 Å². The first-order valence-electron chi connectivity index (χ1n) is 5.12. The molecule has 101 valence electrons. The van der Waals surface area contributed by atoms with Gasteiger partial charge in [0.1, 0.15) is 0 Å². The van der Waals surface area contributed by atoms with Gasteiger partial charge in [-0.2, -0.15) is 8.42 Å². The molecule has 9 heteroatoms. The number of nitro benzene ring substituents is 1. The van der Waals surface area contributed by atoms with Crippen LogP contribution in [0.1, 0.15) is 12.0 Å². The van der Waals surface area contributed by atoms with Crippen molar-refractivity contribution >= 4 is 45.4 Å². The van der Waals surface area contributed by atoms with Crippen molar-refractivity contribution < 1.29 is 22.6 Å². The van der Waals surface area contributed by atoms with Crippen LogP contribution in [-0.2, 0) is 10.1 Å². The van der Waals surface area contributed by atoms with Crippen LogP contribution in [0.2, 0.25) is 0 Å². The first-order chi connectivity index (χ1) is 8.29. The summed E-state index contributed by atoms with van der Waals surface area (Å²) in [5.41, 5.74) is 0.564. The average molecular weight is 298 g/mol. The van der Waals surface area contributed by atoms with Gasteiger partial charge in [-0.15, -0.1) is 0 Å². The second-order valence-electron chi connectivity index (χ2n) is 3.72. The summed E-state index contributed by atoms with van der Waals surface area (Å²) < 4.78 is 34.5.